The van der Waals surface area contributed by atoms with Crippen molar-refractivity contribution in [3.63, 3.8) is 0 Å². The Balaban J connectivity index is 1.84. The van der Waals surface area contributed by atoms with Gasteiger partial charge in [0.05, 0.1) is 15.3 Å². The van der Waals surface area contributed by atoms with Crippen LogP contribution in [-0.2, 0) is 8.92 Å². The Hall–Kier alpha value is 1.00. The molecular formula is C5H7IO2S. The third kappa shape index (κ3) is 1.22. The molecule has 0 N–H and O–H groups in total. The van der Waals surface area contributed by atoms with Crippen molar-refractivity contribution in [1.29, 1.82) is 0 Å². The van der Waals surface area contributed by atoms with Crippen molar-refractivity contribution in [3.8, 4) is 0 Å². The van der Waals surface area contributed by atoms with E-state index in [0.717, 1.165) is 0 Å². The predicted molar refractivity (Wildman–Crippen MR) is 44.4 cm³/mol. The third-order valence-corrected chi connectivity index (χ3v) is 2.83. The zero-order valence-electron chi connectivity index (χ0n) is 4.75. The summed E-state index contributed by atoms with van der Waals surface area (Å²) in [4.78, 5) is 0. The SMILES string of the molecule is ISOC1CCC2OC12. The molecule has 2 fully saturated rings. The lowest BCUT2D eigenvalue weighted by molar-refractivity contribution is 0.167. The molecule has 1 saturated carbocycles. The van der Waals surface area contributed by atoms with E-state index >= 15 is 0 Å². The average molecular weight is 258 g/mol. The van der Waals surface area contributed by atoms with Crippen molar-refractivity contribution < 1.29 is 8.92 Å². The lowest BCUT2D eigenvalue weighted by atomic mass is 10.3. The van der Waals surface area contributed by atoms with Crippen LogP contribution in [0, 0.1) is 0 Å². The molecule has 0 aromatic heterocycles. The van der Waals surface area contributed by atoms with Gasteiger partial charge < -0.3 is 4.74 Å². The molecule has 2 rings (SSSR count). The summed E-state index contributed by atoms with van der Waals surface area (Å²) in [6.45, 7) is 0. The summed E-state index contributed by atoms with van der Waals surface area (Å²) in [6.07, 6.45) is 3.78. The standard InChI is InChI=1S/C5H7IO2S/c6-9-8-4-2-1-3-5(4)7-3/h3-5H,1-2H2. The van der Waals surface area contributed by atoms with Crippen LogP contribution in [-0.4, -0.2) is 18.3 Å². The molecule has 2 aliphatic rings. The van der Waals surface area contributed by atoms with Crippen molar-refractivity contribution in [3.05, 3.63) is 0 Å². The fourth-order valence-electron chi connectivity index (χ4n) is 1.36. The van der Waals surface area contributed by atoms with E-state index < -0.39 is 0 Å². The Morgan fingerprint density at radius 2 is 2.44 bits per heavy atom. The second-order valence-electron chi connectivity index (χ2n) is 2.41. The first-order chi connectivity index (χ1) is 4.42. The lowest BCUT2D eigenvalue weighted by Gasteiger charge is -2.05. The highest BCUT2D eigenvalue weighted by Crippen LogP contribution is 2.42. The van der Waals surface area contributed by atoms with Gasteiger partial charge in [-0.3, -0.25) is 4.18 Å². The van der Waals surface area contributed by atoms with Crippen LogP contribution in [0.25, 0.3) is 0 Å². The summed E-state index contributed by atoms with van der Waals surface area (Å²) in [5.41, 5.74) is 0. The first-order valence-corrected chi connectivity index (χ1v) is 6.30. The Morgan fingerprint density at radius 3 is 2.89 bits per heavy atom. The molecule has 3 unspecified atom stereocenters. The number of fused-ring (bicyclic) bond motifs is 1. The highest BCUT2D eigenvalue weighted by Gasteiger charge is 2.51. The third-order valence-electron chi connectivity index (χ3n) is 1.88. The van der Waals surface area contributed by atoms with Crippen molar-refractivity contribution in [2.24, 2.45) is 0 Å². The van der Waals surface area contributed by atoms with E-state index in [0.29, 0.717) is 18.3 Å². The maximum atomic E-state index is 5.34. The van der Waals surface area contributed by atoms with Gasteiger partial charge in [-0.05, 0) is 12.8 Å². The lowest BCUT2D eigenvalue weighted by Crippen LogP contribution is -2.10. The fourth-order valence-corrected chi connectivity index (χ4v) is 2.46. The number of halogens is 1. The van der Waals surface area contributed by atoms with Gasteiger partial charge in [0.2, 0.25) is 0 Å². The summed E-state index contributed by atoms with van der Waals surface area (Å²) in [7, 11) is 1.42. The first kappa shape index (κ1) is 6.69. The van der Waals surface area contributed by atoms with Gasteiger partial charge in [0, 0.05) is 21.2 Å². The van der Waals surface area contributed by atoms with Crippen molar-refractivity contribution >= 4 is 30.4 Å². The van der Waals surface area contributed by atoms with Crippen LogP contribution >= 0.6 is 30.4 Å². The number of ether oxygens (including phenoxy) is 1. The summed E-state index contributed by atoms with van der Waals surface area (Å²) in [5, 5.41) is 0. The molecule has 0 aromatic carbocycles. The molecule has 0 aromatic rings. The maximum absolute atomic E-state index is 5.34. The van der Waals surface area contributed by atoms with Crippen molar-refractivity contribution in [2.75, 3.05) is 0 Å². The van der Waals surface area contributed by atoms with Gasteiger partial charge in [-0.25, -0.2) is 0 Å². The summed E-state index contributed by atoms with van der Waals surface area (Å²) in [5.74, 6) is 0. The van der Waals surface area contributed by atoms with E-state index in [-0.39, 0.29) is 0 Å². The van der Waals surface area contributed by atoms with E-state index in [1.54, 1.807) is 0 Å². The van der Waals surface area contributed by atoms with Gasteiger partial charge in [-0.2, -0.15) is 0 Å². The van der Waals surface area contributed by atoms with Gasteiger partial charge in [0.1, 0.15) is 12.2 Å². The summed E-state index contributed by atoms with van der Waals surface area (Å²) < 4.78 is 10.6. The Labute approximate surface area is 70.5 Å². The summed E-state index contributed by atoms with van der Waals surface area (Å²) in [6, 6.07) is 0. The van der Waals surface area contributed by atoms with Crippen LogP contribution in [0.3, 0.4) is 0 Å². The van der Waals surface area contributed by atoms with Gasteiger partial charge >= 0.3 is 0 Å². The Kier molecular flexibility index (Phi) is 1.90. The molecular weight excluding hydrogens is 251 g/mol. The van der Waals surface area contributed by atoms with Gasteiger partial charge in [0.25, 0.3) is 0 Å². The van der Waals surface area contributed by atoms with E-state index in [1.165, 1.54) is 22.1 Å². The zero-order valence-corrected chi connectivity index (χ0v) is 7.72. The quantitative estimate of drug-likeness (QED) is 0.429. The first-order valence-electron chi connectivity index (χ1n) is 3.01. The largest absolute Gasteiger partial charge is 0.367 e. The van der Waals surface area contributed by atoms with Gasteiger partial charge in [-0.1, -0.05) is 0 Å². The topological polar surface area (TPSA) is 21.8 Å². The van der Waals surface area contributed by atoms with E-state index in [4.69, 9.17) is 8.92 Å². The van der Waals surface area contributed by atoms with E-state index in [2.05, 4.69) is 21.2 Å². The van der Waals surface area contributed by atoms with Crippen LogP contribution < -0.4 is 0 Å². The smallest absolute Gasteiger partial charge is 0.112 e. The highest BCUT2D eigenvalue weighted by molar-refractivity contribution is 14.2. The molecule has 0 bridgehead atoms. The average Bonchev–Trinajstić information content (AvgIpc) is 2.54. The molecule has 1 aliphatic heterocycles. The Bertz CT molecular complexity index is 122. The van der Waals surface area contributed by atoms with Crippen LogP contribution in [0.1, 0.15) is 12.8 Å². The normalized spacial score (nSPS) is 47.0. The second-order valence-corrected chi connectivity index (χ2v) is 3.81. The minimum Gasteiger partial charge on any atom is -0.367 e. The molecule has 1 heterocycles. The van der Waals surface area contributed by atoms with Gasteiger partial charge in [-0.15, -0.1) is 0 Å². The molecule has 0 spiro atoms. The number of epoxide rings is 1. The van der Waals surface area contributed by atoms with Crippen LogP contribution in [0.4, 0.5) is 0 Å². The van der Waals surface area contributed by atoms with Gasteiger partial charge in [0.15, 0.2) is 0 Å². The van der Waals surface area contributed by atoms with Crippen LogP contribution in [0.5, 0.6) is 0 Å². The Morgan fingerprint density at radius 1 is 1.56 bits per heavy atom. The molecule has 4 heteroatoms. The molecule has 1 saturated heterocycles. The minimum atomic E-state index is 0.386. The molecule has 0 amide bonds. The summed E-state index contributed by atoms with van der Waals surface area (Å²) >= 11 is 2.14. The zero-order chi connectivity index (χ0) is 6.27. The number of hydrogen-bond donors (Lipinski definition) is 0. The fraction of sp³-hybridized carbons (Fsp3) is 1.00. The highest BCUT2D eigenvalue weighted by atomic mass is 127. The number of hydrogen-bond acceptors (Lipinski definition) is 3. The predicted octanol–water partition coefficient (Wildman–Crippen LogP) is 1.93. The van der Waals surface area contributed by atoms with Crippen LogP contribution in [0.15, 0.2) is 0 Å². The molecule has 1 aliphatic carbocycles. The van der Waals surface area contributed by atoms with Crippen molar-refractivity contribution in [2.45, 2.75) is 31.2 Å². The molecule has 3 atom stereocenters. The molecule has 9 heavy (non-hydrogen) atoms. The second kappa shape index (κ2) is 2.56. The molecule has 0 radical (unpaired) electrons. The molecule has 2 nitrogen and oxygen atoms in total. The maximum Gasteiger partial charge on any atom is 0.112 e. The van der Waals surface area contributed by atoms with E-state index in [9.17, 15) is 0 Å². The number of rotatable bonds is 2. The monoisotopic (exact) mass is 258 g/mol. The molecule has 52 valence electrons. The van der Waals surface area contributed by atoms with Crippen LogP contribution in [0.2, 0.25) is 0 Å². The van der Waals surface area contributed by atoms with E-state index in [1.807, 2.05) is 0 Å². The minimum absolute atomic E-state index is 0.386. The van der Waals surface area contributed by atoms with Crippen molar-refractivity contribution in [1.82, 2.24) is 0 Å².